The quantitative estimate of drug-likeness (QED) is 0.404. The molecule has 0 unspecified atom stereocenters. The van der Waals surface area contributed by atoms with Gasteiger partial charge in [0.25, 0.3) is 0 Å². The number of methoxy groups -OCH3 is 1. The summed E-state index contributed by atoms with van der Waals surface area (Å²) in [5, 5.41) is 4.45. The molecule has 0 fully saturated rings. The monoisotopic (exact) mass is 276 g/mol. The molecule has 0 rings (SSSR count). The van der Waals surface area contributed by atoms with E-state index < -0.39 is 17.0 Å². The van der Waals surface area contributed by atoms with Crippen molar-refractivity contribution in [1.29, 1.82) is 0 Å². The minimum Gasteiger partial charge on any atom is -0.469 e. The smallest absolute Gasteiger partial charge is 0.351 e. The van der Waals surface area contributed by atoms with Gasteiger partial charge in [0.2, 0.25) is 0 Å². The van der Waals surface area contributed by atoms with Gasteiger partial charge in [0, 0.05) is 6.42 Å². The van der Waals surface area contributed by atoms with Gasteiger partial charge >= 0.3 is 11.9 Å². The highest BCUT2D eigenvalue weighted by atomic mass is 17.5. The summed E-state index contributed by atoms with van der Waals surface area (Å²) in [6.45, 7) is 8.73. The van der Waals surface area contributed by atoms with Crippen molar-refractivity contribution in [3.63, 3.8) is 0 Å². The molecule has 19 heavy (non-hydrogen) atoms. The van der Waals surface area contributed by atoms with Crippen molar-refractivity contribution in [1.82, 2.24) is 0 Å². The minimum absolute atomic E-state index is 0.270. The molecule has 0 aliphatic rings. The lowest BCUT2D eigenvalue weighted by molar-refractivity contribution is -0.516. The second-order valence-electron chi connectivity index (χ2n) is 5.95. The van der Waals surface area contributed by atoms with Crippen LogP contribution in [0.4, 0.5) is 0 Å². The molecule has 0 saturated carbocycles. The Kier molecular flexibility index (Phi) is 7.00. The summed E-state index contributed by atoms with van der Waals surface area (Å²) in [5.41, 5.74) is -1.31. The van der Waals surface area contributed by atoms with E-state index in [2.05, 4.69) is 14.7 Å². The van der Waals surface area contributed by atoms with E-state index in [0.717, 1.165) is 0 Å². The van der Waals surface area contributed by atoms with E-state index in [1.807, 2.05) is 0 Å². The molecule has 0 bridgehead atoms. The van der Waals surface area contributed by atoms with Crippen molar-refractivity contribution in [3.8, 4) is 0 Å². The van der Waals surface area contributed by atoms with Crippen molar-refractivity contribution in [2.75, 3.05) is 7.11 Å². The maximum Gasteiger partial charge on any atom is 0.351 e. The molecule has 0 N–H and O–H groups in total. The second kappa shape index (κ2) is 7.45. The first-order valence-electron chi connectivity index (χ1n) is 6.22. The Hall–Kier alpha value is -1.14. The van der Waals surface area contributed by atoms with Crippen LogP contribution in [0.25, 0.3) is 0 Å². The van der Waals surface area contributed by atoms with Crippen LogP contribution < -0.4 is 0 Å². The summed E-state index contributed by atoms with van der Waals surface area (Å²) in [7, 11) is 1.33. The molecule has 0 radical (unpaired) electrons. The molecule has 6 nitrogen and oxygen atoms in total. The summed E-state index contributed by atoms with van der Waals surface area (Å²) in [6.07, 6.45) is 1.29. The topological polar surface area (TPSA) is 71.1 Å². The van der Waals surface area contributed by atoms with E-state index in [1.165, 1.54) is 7.11 Å². The van der Waals surface area contributed by atoms with E-state index >= 15 is 0 Å². The fourth-order valence-corrected chi connectivity index (χ4v) is 1.14. The molecule has 0 aliphatic carbocycles. The average molecular weight is 276 g/mol. The maximum absolute atomic E-state index is 11.8. The second-order valence-corrected chi connectivity index (χ2v) is 5.95. The van der Waals surface area contributed by atoms with Gasteiger partial charge in [-0.25, -0.2) is 4.79 Å². The van der Waals surface area contributed by atoms with Crippen LogP contribution in [0.5, 0.6) is 0 Å². The average Bonchev–Trinajstić information content (AvgIpc) is 2.26. The summed E-state index contributed by atoms with van der Waals surface area (Å²) in [4.78, 5) is 32.1. The van der Waals surface area contributed by atoms with Crippen LogP contribution in [0, 0.1) is 5.41 Å². The van der Waals surface area contributed by atoms with Gasteiger partial charge in [0.05, 0.1) is 18.1 Å². The van der Waals surface area contributed by atoms with E-state index in [4.69, 9.17) is 4.89 Å². The van der Waals surface area contributed by atoms with Crippen LogP contribution in [-0.4, -0.2) is 24.6 Å². The minimum atomic E-state index is -0.755. The molecule has 0 aromatic rings. The number of hydrogen-bond acceptors (Lipinski definition) is 6. The third-order valence-corrected chi connectivity index (χ3v) is 2.36. The van der Waals surface area contributed by atoms with Gasteiger partial charge < -0.3 is 4.74 Å². The summed E-state index contributed by atoms with van der Waals surface area (Å²) in [5.74, 6) is -0.835. The van der Waals surface area contributed by atoms with Crippen LogP contribution in [-0.2, 0) is 29.1 Å². The molecular weight excluding hydrogens is 252 g/mol. The third-order valence-electron chi connectivity index (χ3n) is 2.36. The molecule has 0 saturated heterocycles. The highest BCUT2D eigenvalue weighted by Gasteiger charge is 2.31. The molecule has 0 spiro atoms. The van der Waals surface area contributed by atoms with E-state index in [9.17, 15) is 9.59 Å². The van der Waals surface area contributed by atoms with Crippen LogP contribution in [0.3, 0.4) is 0 Å². The zero-order valence-corrected chi connectivity index (χ0v) is 12.6. The summed E-state index contributed by atoms with van der Waals surface area (Å²) < 4.78 is 4.53. The maximum atomic E-state index is 11.8. The standard InChI is InChI=1S/C13H24O6/c1-12(2,3)18-19-17-11(15)13(4,5)9-7-8-10(14)16-6/h7-9H2,1-6H3. The van der Waals surface area contributed by atoms with Crippen molar-refractivity contribution in [3.05, 3.63) is 0 Å². The van der Waals surface area contributed by atoms with Crippen molar-refractivity contribution in [2.45, 2.75) is 59.5 Å². The molecule has 6 heteroatoms. The molecule has 0 heterocycles. The predicted octanol–water partition coefficient (Wildman–Crippen LogP) is 2.56. The lowest BCUT2D eigenvalue weighted by Crippen LogP contribution is -2.29. The van der Waals surface area contributed by atoms with Crippen molar-refractivity contribution < 1.29 is 29.1 Å². The molecule has 0 aromatic carbocycles. The van der Waals surface area contributed by atoms with Crippen molar-refractivity contribution in [2.24, 2.45) is 5.41 Å². The highest BCUT2D eigenvalue weighted by Crippen LogP contribution is 2.25. The Morgan fingerprint density at radius 3 is 2.11 bits per heavy atom. The normalized spacial score (nSPS) is 12.1. The number of carbonyl (C=O) groups excluding carboxylic acids is 2. The Morgan fingerprint density at radius 2 is 1.63 bits per heavy atom. The summed E-state index contributed by atoms with van der Waals surface area (Å²) >= 11 is 0. The first-order chi connectivity index (χ1) is 8.58. The fraction of sp³-hybridized carbons (Fsp3) is 0.846. The van der Waals surface area contributed by atoms with Crippen LogP contribution >= 0.6 is 0 Å². The van der Waals surface area contributed by atoms with Gasteiger partial charge in [-0.15, -0.1) is 0 Å². The Bertz CT molecular complexity index is 303. The molecule has 0 aliphatic heterocycles. The van der Waals surface area contributed by atoms with Gasteiger partial charge in [-0.05, 0) is 52.5 Å². The number of rotatable bonds is 7. The number of carbonyl (C=O) groups is 2. The largest absolute Gasteiger partial charge is 0.469 e. The van der Waals surface area contributed by atoms with E-state index in [-0.39, 0.29) is 12.4 Å². The third kappa shape index (κ3) is 8.56. The number of esters is 1. The van der Waals surface area contributed by atoms with Gasteiger partial charge in [-0.1, -0.05) is 0 Å². The van der Waals surface area contributed by atoms with Gasteiger partial charge in [0.15, 0.2) is 0 Å². The van der Waals surface area contributed by atoms with Gasteiger partial charge in [-0.2, -0.15) is 4.89 Å². The first-order valence-corrected chi connectivity index (χ1v) is 6.22. The van der Waals surface area contributed by atoms with E-state index in [1.54, 1.807) is 34.6 Å². The Balaban J connectivity index is 4.03. The van der Waals surface area contributed by atoms with Crippen LogP contribution in [0.15, 0.2) is 0 Å². The molecule has 112 valence electrons. The van der Waals surface area contributed by atoms with Crippen molar-refractivity contribution >= 4 is 11.9 Å². The van der Waals surface area contributed by atoms with Crippen LogP contribution in [0.2, 0.25) is 0 Å². The van der Waals surface area contributed by atoms with E-state index in [0.29, 0.717) is 12.8 Å². The predicted molar refractivity (Wildman–Crippen MR) is 67.7 cm³/mol. The lowest BCUT2D eigenvalue weighted by atomic mass is 9.87. The summed E-state index contributed by atoms with van der Waals surface area (Å²) in [6, 6.07) is 0. The number of ether oxygens (including phenoxy) is 1. The molecule has 0 atom stereocenters. The number of hydrogen-bond donors (Lipinski definition) is 0. The van der Waals surface area contributed by atoms with Gasteiger partial charge in [0.1, 0.15) is 0 Å². The lowest BCUT2D eigenvalue weighted by Gasteiger charge is -2.22. The Morgan fingerprint density at radius 1 is 1.05 bits per heavy atom. The zero-order chi connectivity index (χ0) is 15.1. The highest BCUT2D eigenvalue weighted by molar-refractivity contribution is 5.75. The zero-order valence-electron chi connectivity index (χ0n) is 12.6. The van der Waals surface area contributed by atoms with Crippen LogP contribution in [0.1, 0.15) is 53.9 Å². The molecule has 0 aromatic heterocycles. The van der Waals surface area contributed by atoms with Gasteiger partial charge in [-0.3, -0.25) is 9.68 Å². The first kappa shape index (κ1) is 17.9. The molecular formula is C13H24O6. The fourth-order valence-electron chi connectivity index (χ4n) is 1.14. The Labute approximate surface area is 114 Å². The molecule has 0 amide bonds. The SMILES string of the molecule is COC(=O)CCCC(C)(C)C(=O)OOOC(C)(C)C.